The number of anilines is 1. The largest absolute Gasteiger partial charge is 0.490 e. The number of nitrogens with one attached hydrogen (secondary N) is 1. The second-order valence-corrected chi connectivity index (χ2v) is 9.58. The van der Waals surface area contributed by atoms with Gasteiger partial charge in [-0.05, 0) is 89.5 Å². The average molecular weight is 617 g/mol. The number of nitrogens with zero attached hydrogens (tertiary/aromatic N) is 1. The van der Waals surface area contributed by atoms with E-state index in [9.17, 15) is 14.4 Å². The zero-order chi connectivity index (χ0) is 25.8. The summed E-state index contributed by atoms with van der Waals surface area (Å²) in [6.45, 7) is 4.24. The van der Waals surface area contributed by atoms with Gasteiger partial charge in [-0.1, -0.05) is 41.9 Å². The first-order chi connectivity index (χ1) is 17.3. The summed E-state index contributed by atoms with van der Waals surface area (Å²) in [5.74, 6) is -0.790. The maximum absolute atomic E-state index is 13.2. The topological polar surface area (TPSA) is 84.9 Å². The van der Waals surface area contributed by atoms with Crippen LogP contribution in [0.4, 0.5) is 10.5 Å². The van der Waals surface area contributed by atoms with Gasteiger partial charge in [-0.3, -0.25) is 14.9 Å². The predicted octanol–water partition coefficient (Wildman–Crippen LogP) is 5.90. The van der Waals surface area contributed by atoms with Crippen LogP contribution in [0.3, 0.4) is 0 Å². The number of hydrogen-bond donors (Lipinski definition) is 1. The molecule has 1 heterocycles. The van der Waals surface area contributed by atoms with Crippen molar-refractivity contribution < 1.29 is 23.9 Å². The van der Waals surface area contributed by atoms with E-state index in [0.717, 1.165) is 14.0 Å². The molecule has 1 N–H and O–H groups in total. The zero-order valence-electron chi connectivity index (χ0n) is 19.5. The lowest BCUT2D eigenvalue weighted by molar-refractivity contribution is -0.122. The van der Waals surface area contributed by atoms with Crippen molar-refractivity contribution in [2.45, 2.75) is 20.5 Å². The van der Waals surface area contributed by atoms with Crippen molar-refractivity contribution in [1.29, 1.82) is 0 Å². The third-order valence-electron chi connectivity index (χ3n) is 5.40. The molecule has 9 heteroatoms. The van der Waals surface area contributed by atoms with Gasteiger partial charge in [-0.25, -0.2) is 9.69 Å². The number of barbiturate groups is 1. The predicted molar refractivity (Wildman–Crippen MR) is 146 cm³/mol. The number of aryl methyl sites for hydroxylation is 1. The molecular weight excluding hydrogens is 595 g/mol. The summed E-state index contributed by atoms with van der Waals surface area (Å²) in [7, 11) is 0. The van der Waals surface area contributed by atoms with Crippen LogP contribution in [0.2, 0.25) is 5.02 Å². The van der Waals surface area contributed by atoms with E-state index in [4.69, 9.17) is 21.1 Å². The van der Waals surface area contributed by atoms with Crippen molar-refractivity contribution in [2.75, 3.05) is 11.5 Å². The smallest absolute Gasteiger partial charge is 0.335 e. The summed E-state index contributed by atoms with van der Waals surface area (Å²) >= 11 is 8.77. The molecule has 184 valence electrons. The molecule has 3 aromatic carbocycles. The summed E-state index contributed by atoms with van der Waals surface area (Å²) in [6.07, 6.45) is 1.38. The van der Waals surface area contributed by atoms with Crippen LogP contribution in [0.15, 0.2) is 66.2 Å². The second kappa shape index (κ2) is 11.1. The van der Waals surface area contributed by atoms with Gasteiger partial charge in [-0.15, -0.1) is 0 Å². The molecule has 0 unspecified atom stereocenters. The van der Waals surface area contributed by atoms with Gasteiger partial charge in [-0.2, -0.15) is 0 Å². The van der Waals surface area contributed by atoms with E-state index in [1.54, 1.807) is 43.3 Å². The van der Waals surface area contributed by atoms with Gasteiger partial charge >= 0.3 is 6.03 Å². The number of ether oxygens (including phenoxy) is 2. The molecule has 4 amide bonds. The maximum atomic E-state index is 13.2. The Balaban J connectivity index is 1.66. The lowest BCUT2D eigenvalue weighted by atomic mass is 10.1. The lowest BCUT2D eigenvalue weighted by Gasteiger charge is -2.27. The van der Waals surface area contributed by atoms with Crippen LogP contribution in [0.25, 0.3) is 6.08 Å². The van der Waals surface area contributed by atoms with Crippen molar-refractivity contribution >= 4 is 63.8 Å². The summed E-state index contributed by atoms with van der Waals surface area (Å²) in [6, 6.07) is 17.2. The van der Waals surface area contributed by atoms with Gasteiger partial charge in [0.15, 0.2) is 11.5 Å². The zero-order valence-corrected chi connectivity index (χ0v) is 22.4. The number of halogens is 2. The van der Waals surface area contributed by atoms with Gasteiger partial charge in [0.1, 0.15) is 12.2 Å². The van der Waals surface area contributed by atoms with E-state index in [1.807, 2.05) is 31.2 Å². The van der Waals surface area contributed by atoms with E-state index >= 15 is 0 Å². The van der Waals surface area contributed by atoms with E-state index in [2.05, 4.69) is 27.9 Å². The highest BCUT2D eigenvalue weighted by Gasteiger charge is 2.37. The number of imide groups is 2. The molecule has 1 aliphatic heterocycles. The monoisotopic (exact) mass is 616 g/mol. The quantitative estimate of drug-likeness (QED) is 0.203. The Bertz CT molecular complexity index is 1370. The molecule has 0 saturated carbocycles. The molecule has 0 atom stereocenters. The number of benzene rings is 3. The van der Waals surface area contributed by atoms with E-state index in [0.29, 0.717) is 34.9 Å². The molecule has 1 saturated heterocycles. The third-order valence-corrected chi connectivity index (χ3v) is 6.40. The molecule has 0 aliphatic carbocycles. The Hall–Kier alpha value is -3.37. The molecule has 0 radical (unpaired) electrons. The first-order valence-electron chi connectivity index (χ1n) is 11.1. The molecule has 0 spiro atoms. The number of carbonyl (C=O) groups excluding carboxylic acids is 3. The fraction of sp³-hybridized carbons (Fsp3) is 0.148. The molecule has 1 aliphatic rings. The van der Waals surface area contributed by atoms with Gasteiger partial charge in [0.05, 0.1) is 17.3 Å². The highest BCUT2D eigenvalue weighted by molar-refractivity contribution is 14.1. The van der Waals surface area contributed by atoms with Crippen LogP contribution < -0.4 is 19.7 Å². The molecule has 0 bridgehead atoms. The van der Waals surface area contributed by atoms with Crippen LogP contribution >= 0.6 is 34.2 Å². The fourth-order valence-corrected chi connectivity index (χ4v) is 4.30. The van der Waals surface area contributed by atoms with Crippen LogP contribution in [-0.4, -0.2) is 24.5 Å². The van der Waals surface area contributed by atoms with Crippen LogP contribution in [-0.2, 0) is 16.2 Å². The summed E-state index contributed by atoms with van der Waals surface area (Å²) in [4.78, 5) is 39.3. The Kier molecular flexibility index (Phi) is 7.95. The lowest BCUT2D eigenvalue weighted by Crippen LogP contribution is -2.54. The molecule has 36 heavy (non-hydrogen) atoms. The first-order valence-corrected chi connectivity index (χ1v) is 12.5. The first kappa shape index (κ1) is 25.7. The van der Waals surface area contributed by atoms with Crippen LogP contribution in [0.1, 0.15) is 23.6 Å². The highest BCUT2D eigenvalue weighted by atomic mass is 127. The van der Waals surface area contributed by atoms with Crippen molar-refractivity contribution in [3.05, 3.63) is 91.5 Å². The van der Waals surface area contributed by atoms with E-state index in [-0.39, 0.29) is 17.2 Å². The minimum absolute atomic E-state index is 0.205. The summed E-state index contributed by atoms with van der Waals surface area (Å²) < 4.78 is 12.8. The molecule has 3 aromatic rings. The second-order valence-electron chi connectivity index (χ2n) is 7.92. The Morgan fingerprint density at radius 2 is 1.75 bits per heavy atom. The van der Waals surface area contributed by atoms with Crippen LogP contribution in [0.5, 0.6) is 11.5 Å². The third kappa shape index (κ3) is 5.55. The van der Waals surface area contributed by atoms with Gasteiger partial charge in [0.2, 0.25) is 0 Å². The minimum atomic E-state index is -0.802. The van der Waals surface area contributed by atoms with Crippen molar-refractivity contribution in [2.24, 2.45) is 0 Å². The Morgan fingerprint density at radius 1 is 1.03 bits per heavy atom. The molecule has 0 aromatic heterocycles. The maximum Gasteiger partial charge on any atom is 0.335 e. The van der Waals surface area contributed by atoms with E-state index in [1.165, 1.54) is 6.08 Å². The number of carbonyl (C=O) groups is 3. The fourth-order valence-electron chi connectivity index (χ4n) is 3.67. The van der Waals surface area contributed by atoms with Crippen molar-refractivity contribution in [3.63, 3.8) is 0 Å². The average Bonchev–Trinajstić information content (AvgIpc) is 2.83. The minimum Gasteiger partial charge on any atom is -0.490 e. The van der Waals surface area contributed by atoms with Gasteiger partial charge in [0, 0.05) is 3.57 Å². The molecular formula is C27H22ClIN2O5. The van der Waals surface area contributed by atoms with Crippen molar-refractivity contribution in [1.82, 2.24) is 5.32 Å². The van der Waals surface area contributed by atoms with Crippen LogP contribution in [0, 0.1) is 10.5 Å². The normalized spacial score (nSPS) is 14.7. The van der Waals surface area contributed by atoms with Gasteiger partial charge in [0.25, 0.3) is 11.8 Å². The standard InChI is InChI=1S/C27H22ClIN2O5/c1-3-35-23-14-18(13-21(28)24(23)36-15-17-8-10-19(29)11-9-17)12-20-25(32)30-27(34)31(26(20)33)22-7-5-4-6-16(22)2/h4-14H,3,15H2,1-2H3,(H,30,32,34)/b20-12+. The SMILES string of the molecule is CCOc1cc(/C=C2\C(=O)NC(=O)N(c3ccccc3C)C2=O)cc(Cl)c1OCc1ccc(I)cc1. The summed E-state index contributed by atoms with van der Waals surface area (Å²) in [5.41, 5.74) is 2.31. The summed E-state index contributed by atoms with van der Waals surface area (Å²) in [5, 5.41) is 2.49. The number of para-hydroxylation sites is 1. The molecule has 4 rings (SSSR count). The van der Waals surface area contributed by atoms with E-state index < -0.39 is 17.8 Å². The molecule has 1 fully saturated rings. The number of hydrogen-bond acceptors (Lipinski definition) is 5. The molecule has 7 nitrogen and oxygen atoms in total. The number of urea groups is 1. The number of rotatable bonds is 7. The number of amides is 4. The van der Waals surface area contributed by atoms with Gasteiger partial charge < -0.3 is 9.47 Å². The Morgan fingerprint density at radius 3 is 2.44 bits per heavy atom. The van der Waals surface area contributed by atoms with Crippen molar-refractivity contribution in [3.8, 4) is 11.5 Å². The Labute approximate surface area is 227 Å². The highest BCUT2D eigenvalue weighted by Crippen LogP contribution is 2.38.